The van der Waals surface area contributed by atoms with Crippen LogP contribution in [0.2, 0.25) is 0 Å². The molecule has 2 N–H and O–H groups in total. The zero-order chi connectivity index (χ0) is 12.3. The molecule has 0 aliphatic carbocycles. The Balaban J connectivity index is 2.25. The molecular formula is C12H12N2O3. The van der Waals surface area contributed by atoms with Gasteiger partial charge in [-0.2, -0.15) is 0 Å². The minimum Gasteiger partial charge on any atom is -0.481 e. The van der Waals surface area contributed by atoms with Crippen LogP contribution in [0.15, 0.2) is 41.2 Å². The number of hydrogen-bond acceptors (Lipinski definition) is 2. The lowest BCUT2D eigenvalue weighted by Gasteiger charge is -1.99. The maximum atomic E-state index is 11.6. The third kappa shape index (κ3) is 2.63. The van der Waals surface area contributed by atoms with E-state index in [1.807, 2.05) is 30.3 Å². The standard InChI is InChI=1S/C12H12N2O3/c15-11-8-10(9-4-2-1-3-5-9)13-14(11)7-6-12(16)17/h1-5,8,13H,6-7H2,(H,16,17). The summed E-state index contributed by atoms with van der Waals surface area (Å²) in [5.74, 6) is -0.923. The van der Waals surface area contributed by atoms with Crippen LogP contribution in [0.5, 0.6) is 0 Å². The van der Waals surface area contributed by atoms with Crippen LogP contribution in [0.4, 0.5) is 0 Å². The molecule has 1 aromatic carbocycles. The van der Waals surface area contributed by atoms with Gasteiger partial charge >= 0.3 is 5.97 Å². The van der Waals surface area contributed by atoms with Gasteiger partial charge in [0.2, 0.25) is 0 Å². The lowest BCUT2D eigenvalue weighted by atomic mass is 10.2. The van der Waals surface area contributed by atoms with E-state index in [0.717, 1.165) is 5.56 Å². The highest BCUT2D eigenvalue weighted by atomic mass is 16.4. The monoisotopic (exact) mass is 232 g/mol. The molecule has 0 saturated heterocycles. The van der Waals surface area contributed by atoms with Crippen molar-refractivity contribution in [3.05, 3.63) is 46.8 Å². The number of H-pyrrole nitrogens is 1. The number of aliphatic carboxylic acids is 1. The Morgan fingerprint density at radius 1 is 1.29 bits per heavy atom. The third-order valence-electron chi connectivity index (χ3n) is 2.42. The molecule has 0 fully saturated rings. The number of rotatable bonds is 4. The average Bonchev–Trinajstić information content (AvgIpc) is 2.69. The van der Waals surface area contributed by atoms with Gasteiger partial charge in [-0.1, -0.05) is 30.3 Å². The minimum atomic E-state index is -0.923. The molecule has 2 aromatic rings. The van der Waals surface area contributed by atoms with E-state index in [1.165, 1.54) is 10.7 Å². The molecule has 0 aliphatic heterocycles. The van der Waals surface area contributed by atoms with Gasteiger partial charge in [-0.3, -0.25) is 19.4 Å². The van der Waals surface area contributed by atoms with Crippen LogP contribution in [0.1, 0.15) is 6.42 Å². The first-order valence-corrected chi connectivity index (χ1v) is 5.24. The summed E-state index contributed by atoms with van der Waals surface area (Å²) in [7, 11) is 0. The molecule has 0 bridgehead atoms. The van der Waals surface area contributed by atoms with Crippen molar-refractivity contribution < 1.29 is 9.90 Å². The molecule has 0 unspecified atom stereocenters. The summed E-state index contributed by atoms with van der Waals surface area (Å²) >= 11 is 0. The Morgan fingerprint density at radius 3 is 2.65 bits per heavy atom. The van der Waals surface area contributed by atoms with Crippen molar-refractivity contribution in [2.45, 2.75) is 13.0 Å². The van der Waals surface area contributed by atoms with Crippen LogP contribution in [0.25, 0.3) is 11.3 Å². The largest absolute Gasteiger partial charge is 0.481 e. The summed E-state index contributed by atoms with van der Waals surface area (Å²) in [5.41, 5.74) is 1.38. The van der Waals surface area contributed by atoms with Crippen LogP contribution in [-0.2, 0) is 11.3 Å². The Morgan fingerprint density at radius 2 is 2.00 bits per heavy atom. The zero-order valence-corrected chi connectivity index (χ0v) is 9.09. The fourth-order valence-corrected chi connectivity index (χ4v) is 1.57. The van der Waals surface area contributed by atoms with Gasteiger partial charge in [-0.25, -0.2) is 0 Å². The number of aryl methyl sites for hydroxylation is 1. The van der Waals surface area contributed by atoms with Gasteiger partial charge in [0.25, 0.3) is 5.56 Å². The fourth-order valence-electron chi connectivity index (χ4n) is 1.57. The molecule has 17 heavy (non-hydrogen) atoms. The molecule has 1 heterocycles. The lowest BCUT2D eigenvalue weighted by Crippen LogP contribution is -2.17. The first-order valence-electron chi connectivity index (χ1n) is 5.24. The van der Waals surface area contributed by atoms with Crippen LogP contribution >= 0.6 is 0 Å². The molecule has 1 aromatic heterocycles. The van der Waals surface area contributed by atoms with Crippen molar-refractivity contribution in [1.82, 2.24) is 9.78 Å². The van der Waals surface area contributed by atoms with Crippen LogP contribution in [0.3, 0.4) is 0 Å². The number of carboxylic acid groups (broad SMARTS) is 1. The maximum Gasteiger partial charge on any atom is 0.305 e. The molecule has 5 heteroatoms. The predicted molar refractivity (Wildman–Crippen MR) is 62.7 cm³/mol. The summed E-state index contributed by atoms with van der Waals surface area (Å²) in [6, 6.07) is 10.9. The number of hydrogen-bond donors (Lipinski definition) is 2. The van der Waals surface area contributed by atoms with E-state index in [4.69, 9.17) is 5.11 Å². The van der Waals surface area contributed by atoms with Crippen molar-refractivity contribution in [2.24, 2.45) is 0 Å². The van der Waals surface area contributed by atoms with E-state index in [9.17, 15) is 9.59 Å². The molecular weight excluding hydrogens is 220 g/mol. The summed E-state index contributed by atoms with van der Waals surface area (Å²) in [6.07, 6.45) is -0.0748. The summed E-state index contributed by atoms with van der Waals surface area (Å²) < 4.78 is 1.30. The quantitative estimate of drug-likeness (QED) is 0.834. The number of benzene rings is 1. The van der Waals surface area contributed by atoms with Gasteiger partial charge in [-0.05, 0) is 5.56 Å². The lowest BCUT2D eigenvalue weighted by molar-refractivity contribution is -0.137. The second kappa shape index (κ2) is 4.69. The van der Waals surface area contributed by atoms with Crippen molar-refractivity contribution in [3.63, 3.8) is 0 Å². The van der Waals surface area contributed by atoms with Crippen molar-refractivity contribution in [2.75, 3.05) is 0 Å². The third-order valence-corrected chi connectivity index (χ3v) is 2.42. The highest BCUT2D eigenvalue weighted by Crippen LogP contribution is 2.13. The molecule has 0 aliphatic rings. The van der Waals surface area contributed by atoms with Gasteiger partial charge in [0.1, 0.15) is 0 Å². The van der Waals surface area contributed by atoms with Crippen molar-refractivity contribution in [3.8, 4) is 11.3 Å². The van der Waals surface area contributed by atoms with Gasteiger partial charge in [0.05, 0.1) is 18.7 Å². The smallest absolute Gasteiger partial charge is 0.305 e. The number of carboxylic acids is 1. The number of nitrogens with zero attached hydrogens (tertiary/aromatic N) is 1. The predicted octanol–water partition coefficient (Wildman–Crippen LogP) is 1.32. The van der Waals surface area contributed by atoms with E-state index in [2.05, 4.69) is 5.10 Å². The molecule has 0 spiro atoms. The SMILES string of the molecule is O=C(O)CCn1[nH]c(-c2ccccc2)cc1=O. The van der Waals surface area contributed by atoms with E-state index >= 15 is 0 Å². The Hall–Kier alpha value is -2.30. The van der Waals surface area contributed by atoms with E-state index in [-0.39, 0.29) is 18.5 Å². The minimum absolute atomic E-state index is 0.0748. The molecule has 88 valence electrons. The number of aromatic amines is 1. The second-order valence-electron chi connectivity index (χ2n) is 3.67. The Kier molecular flexibility index (Phi) is 3.09. The second-order valence-corrected chi connectivity index (χ2v) is 3.67. The molecule has 5 nitrogen and oxygen atoms in total. The Bertz CT molecular complexity index is 569. The number of nitrogens with one attached hydrogen (secondary N) is 1. The normalized spacial score (nSPS) is 10.4. The first-order chi connectivity index (χ1) is 8.16. The van der Waals surface area contributed by atoms with Crippen molar-refractivity contribution >= 4 is 5.97 Å². The van der Waals surface area contributed by atoms with Gasteiger partial charge < -0.3 is 5.11 Å². The van der Waals surface area contributed by atoms with Gasteiger partial charge in [0.15, 0.2) is 0 Å². The topological polar surface area (TPSA) is 75.1 Å². The van der Waals surface area contributed by atoms with Crippen LogP contribution in [0, 0.1) is 0 Å². The summed E-state index contributed by atoms with van der Waals surface area (Å²) in [6.45, 7) is 0.154. The molecule has 2 rings (SSSR count). The zero-order valence-electron chi connectivity index (χ0n) is 9.09. The van der Waals surface area contributed by atoms with Gasteiger partial charge in [-0.15, -0.1) is 0 Å². The average molecular weight is 232 g/mol. The number of carbonyl (C=O) groups is 1. The first kappa shape index (κ1) is 11.2. The van der Waals surface area contributed by atoms with E-state index in [1.54, 1.807) is 0 Å². The van der Waals surface area contributed by atoms with E-state index < -0.39 is 5.97 Å². The van der Waals surface area contributed by atoms with Crippen LogP contribution in [-0.4, -0.2) is 20.9 Å². The summed E-state index contributed by atoms with van der Waals surface area (Å²) in [5, 5.41) is 11.5. The van der Waals surface area contributed by atoms with Gasteiger partial charge in [0, 0.05) is 6.07 Å². The maximum absolute atomic E-state index is 11.6. The number of aromatic nitrogens is 2. The molecule has 0 saturated carbocycles. The highest BCUT2D eigenvalue weighted by molar-refractivity contribution is 5.66. The highest BCUT2D eigenvalue weighted by Gasteiger charge is 2.06. The van der Waals surface area contributed by atoms with E-state index in [0.29, 0.717) is 5.69 Å². The molecule has 0 radical (unpaired) electrons. The fraction of sp³-hybridized carbons (Fsp3) is 0.167. The Labute approximate surface area is 97.3 Å². The van der Waals surface area contributed by atoms with Crippen LogP contribution < -0.4 is 5.56 Å². The molecule has 0 atom stereocenters. The summed E-state index contributed by atoms with van der Waals surface area (Å²) in [4.78, 5) is 22.0. The molecule has 0 amide bonds. The van der Waals surface area contributed by atoms with Crippen molar-refractivity contribution in [1.29, 1.82) is 0 Å².